The minimum atomic E-state index is -0.469. The van der Waals surface area contributed by atoms with Gasteiger partial charge in [0, 0.05) is 16.7 Å². The third-order valence-corrected chi connectivity index (χ3v) is 2.88. The molecular formula is C16H13ClO3. The number of esters is 1. The first kappa shape index (κ1) is 14.2. The number of benzene rings is 2. The lowest BCUT2D eigenvalue weighted by molar-refractivity contribution is -0.138. The number of aromatic hydroxyl groups is 1. The van der Waals surface area contributed by atoms with E-state index in [0.717, 1.165) is 5.56 Å². The van der Waals surface area contributed by atoms with Crippen LogP contribution in [0.15, 0.2) is 54.6 Å². The van der Waals surface area contributed by atoms with Gasteiger partial charge in [0.15, 0.2) is 0 Å². The van der Waals surface area contributed by atoms with Crippen LogP contribution in [-0.4, -0.2) is 11.1 Å². The van der Waals surface area contributed by atoms with Crippen LogP contribution in [0, 0.1) is 0 Å². The van der Waals surface area contributed by atoms with Crippen LogP contribution in [0.3, 0.4) is 0 Å². The largest absolute Gasteiger partial charge is 0.507 e. The van der Waals surface area contributed by atoms with Crippen LogP contribution in [0.25, 0.3) is 6.08 Å². The molecule has 0 aliphatic heterocycles. The van der Waals surface area contributed by atoms with Gasteiger partial charge in [0.1, 0.15) is 12.4 Å². The highest BCUT2D eigenvalue weighted by Crippen LogP contribution is 2.17. The molecule has 0 aliphatic rings. The number of para-hydroxylation sites is 1. The number of rotatable bonds is 4. The maximum Gasteiger partial charge on any atom is 0.331 e. The number of carbonyl (C=O) groups is 1. The van der Waals surface area contributed by atoms with E-state index >= 15 is 0 Å². The topological polar surface area (TPSA) is 46.5 Å². The highest BCUT2D eigenvalue weighted by atomic mass is 35.5. The van der Waals surface area contributed by atoms with Crippen LogP contribution in [0.4, 0.5) is 0 Å². The van der Waals surface area contributed by atoms with Gasteiger partial charge >= 0.3 is 5.97 Å². The Balaban J connectivity index is 1.90. The van der Waals surface area contributed by atoms with E-state index in [1.165, 1.54) is 12.2 Å². The summed E-state index contributed by atoms with van der Waals surface area (Å²) in [6.07, 6.45) is 2.80. The first-order valence-electron chi connectivity index (χ1n) is 6.02. The second kappa shape index (κ2) is 6.78. The Hall–Kier alpha value is -2.26. The lowest BCUT2D eigenvalue weighted by Crippen LogP contribution is -2.00. The summed E-state index contributed by atoms with van der Waals surface area (Å²) in [5.41, 5.74) is 1.43. The number of phenols is 1. The first-order valence-corrected chi connectivity index (χ1v) is 6.40. The SMILES string of the molecule is O=C(/C=C/c1ccccc1O)OCc1ccc(Cl)cc1. The summed E-state index contributed by atoms with van der Waals surface area (Å²) in [6, 6.07) is 13.8. The molecule has 1 N–H and O–H groups in total. The zero-order chi connectivity index (χ0) is 14.4. The highest BCUT2D eigenvalue weighted by Gasteiger charge is 2.00. The molecule has 0 saturated carbocycles. The van der Waals surface area contributed by atoms with E-state index < -0.39 is 5.97 Å². The molecule has 0 aliphatic carbocycles. The molecule has 0 amide bonds. The number of hydrogen-bond acceptors (Lipinski definition) is 3. The van der Waals surface area contributed by atoms with Gasteiger partial charge in [-0.15, -0.1) is 0 Å². The number of ether oxygens (including phenoxy) is 1. The van der Waals surface area contributed by atoms with Crippen molar-refractivity contribution in [1.82, 2.24) is 0 Å². The van der Waals surface area contributed by atoms with Gasteiger partial charge in [0.05, 0.1) is 0 Å². The van der Waals surface area contributed by atoms with Crippen molar-refractivity contribution in [2.45, 2.75) is 6.61 Å². The van der Waals surface area contributed by atoms with Crippen molar-refractivity contribution < 1.29 is 14.6 Å². The molecule has 20 heavy (non-hydrogen) atoms. The van der Waals surface area contributed by atoms with Crippen molar-refractivity contribution in [1.29, 1.82) is 0 Å². The van der Waals surface area contributed by atoms with Crippen LogP contribution in [0.5, 0.6) is 5.75 Å². The Kier molecular flexibility index (Phi) is 4.80. The smallest absolute Gasteiger partial charge is 0.331 e. The predicted molar refractivity (Wildman–Crippen MR) is 78.4 cm³/mol. The van der Waals surface area contributed by atoms with Gasteiger partial charge in [-0.3, -0.25) is 0 Å². The molecule has 4 heteroatoms. The van der Waals surface area contributed by atoms with E-state index in [2.05, 4.69) is 0 Å². The Bertz CT molecular complexity index is 618. The van der Waals surface area contributed by atoms with Crippen molar-refractivity contribution in [2.24, 2.45) is 0 Å². The maximum atomic E-state index is 11.6. The minimum Gasteiger partial charge on any atom is -0.507 e. The fourth-order valence-electron chi connectivity index (χ4n) is 1.57. The number of halogens is 1. The van der Waals surface area contributed by atoms with Gasteiger partial charge in [-0.25, -0.2) is 4.79 Å². The summed E-state index contributed by atoms with van der Waals surface area (Å²) in [5.74, 6) is -0.350. The molecule has 2 aromatic rings. The van der Waals surface area contributed by atoms with Crippen molar-refractivity contribution in [3.63, 3.8) is 0 Å². The Morgan fingerprint density at radius 1 is 1.15 bits per heavy atom. The van der Waals surface area contributed by atoms with Gasteiger partial charge in [-0.2, -0.15) is 0 Å². The van der Waals surface area contributed by atoms with Crippen molar-refractivity contribution in [3.05, 3.63) is 70.8 Å². The van der Waals surface area contributed by atoms with Crippen molar-refractivity contribution in [3.8, 4) is 5.75 Å². The zero-order valence-corrected chi connectivity index (χ0v) is 11.4. The van der Waals surface area contributed by atoms with E-state index in [4.69, 9.17) is 16.3 Å². The molecule has 102 valence electrons. The van der Waals surface area contributed by atoms with Gasteiger partial charge in [0.2, 0.25) is 0 Å². The van der Waals surface area contributed by atoms with Gasteiger partial charge in [-0.05, 0) is 29.8 Å². The summed E-state index contributed by atoms with van der Waals surface area (Å²) in [4.78, 5) is 11.6. The molecule has 0 radical (unpaired) electrons. The third kappa shape index (κ3) is 4.14. The Labute approximate surface area is 122 Å². The molecule has 3 nitrogen and oxygen atoms in total. The van der Waals surface area contributed by atoms with E-state index in [1.54, 1.807) is 48.5 Å². The normalized spacial score (nSPS) is 10.7. The molecule has 0 heterocycles. The second-order valence-electron chi connectivity index (χ2n) is 4.13. The van der Waals surface area contributed by atoms with E-state index in [-0.39, 0.29) is 12.4 Å². The standard InChI is InChI=1S/C16H13ClO3/c17-14-8-5-12(6-9-14)11-20-16(19)10-7-13-3-1-2-4-15(13)18/h1-10,18H,11H2/b10-7+. The average Bonchev–Trinajstić information content (AvgIpc) is 2.46. The highest BCUT2D eigenvalue weighted by molar-refractivity contribution is 6.30. The zero-order valence-electron chi connectivity index (χ0n) is 10.6. The minimum absolute atomic E-state index is 0.120. The van der Waals surface area contributed by atoms with E-state index in [9.17, 15) is 9.90 Å². The molecule has 2 aromatic carbocycles. The molecule has 0 bridgehead atoms. The lowest BCUT2D eigenvalue weighted by Gasteiger charge is -2.02. The predicted octanol–water partition coefficient (Wildman–Crippen LogP) is 3.80. The third-order valence-electron chi connectivity index (χ3n) is 2.63. The maximum absolute atomic E-state index is 11.6. The number of phenolic OH excluding ortho intramolecular Hbond substituents is 1. The second-order valence-corrected chi connectivity index (χ2v) is 4.56. The number of carbonyl (C=O) groups excluding carboxylic acids is 1. The molecule has 0 aromatic heterocycles. The Morgan fingerprint density at radius 2 is 1.85 bits per heavy atom. The van der Waals surface area contributed by atoms with Crippen LogP contribution < -0.4 is 0 Å². The summed E-state index contributed by atoms with van der Waals surface area (Å²) in [7, 11) is 0. The summed E-state index contributed by atoms with van der Waals surface area (Å²) in [6.45, 7) is 0.182. The van der Waals surface area contributed by atoms with Crippen LogP contribution in [-0.2, 0) is 16.1 Å². The van der Waals surface area contributed by atoms with Crippen molar-refractivity contribution >= 4 is 23.6 Å². The fraction of sp³-hybridized carbons (Fsp3) is 0.0625. The average molecular weight is 289 g/mol. The van der Waals surface area contributed by atoms with Crippen molar-refractivity contribution in [2.75, 3.05) is 0 Å². The molecule has 2 rings (SSSR count). The Morgan fingerprint density at radius 3 is 2.55 bits per heavy atom. The molecule has 0 saturated heterocycles. The van der Waals surface area contributed by atoms with Gasteiger partial charge in [-0.1, -0.05) is 41.9 Å². The lowest BCUT2D eigenvalue weighted by atomic mass is 10.2. The quantitative estimate of drug-likeness (QED) is 0.687. The molecule has 0 spiro atoms. The molecule has 0 unspecified atom stereocenters. The number of hydrogen-bond donors (Lipinski definition) is 1. The summed E-state index contributed by atoms with van der Waals surface area (Å²) >= 11 is 5.76. The molecular weight excluding hydrogens is 276 g/mol. The molecule has 0 atom stereocenters. The monoisotopic (exact) mass is 288 g/mol. The van der Waals surface area contributed by atoms with E-state index in [0.29, 0.717) is 10.6 Å². The van der Waals surface area contributed by atoms with Crippen LogP contribution in [0.2, 0.25) is 5.02 Å². The first-order chi connectivity index (χ1) is 9.65. The summed E-state index contributed by atoms with van der Waals surface area (Å²) in [5, 5.41) is 10.2. The van der Waals surface area contributed by atoms with E-state index in [1.807, 2.05) is 0 Å². The summed E-state index contributed by atoms with van der Waals surface area (Å²) < 4.78 is 5.08. The van der Waals surface area contributed by atoms with Crippen LogP contribution in [0.1, 0.15) is 11.1 Å². The fourth-order valence-corrected chi connectivity index (χ4v) is 1.70. The molecule has 0 fully saturated rings. The van der Waals surface area contributed by atoms with Gasteiger partial charge in [0.25, 0.3) is 0 Å². The van der Waals surface area contributed by atoms with Crippen LogP contribution >= 0.6 is 11.6 Å². The van der Waals surface area contributed by atoms with Gasteiger partial charge < -0.3 is 9.84 Å².